The molecule has 0 atom stereocenters. The van der Waals surface area contributed by atoms with Crippen LogP contribution in [0.1, 0.15) is 43.9 Å². The second-order valence-corrected chi connectivity index (χ2v) is 7.76. The number of imide groups is 1. The summed E-state index contributed by atoms with van der Waals surface area (Å²) >= 11 is 0. The van der Waals surface area contributed by atoms with Gasteiger partial charge in [-0.2, -0.15) is 0 Å². The number of hydrogen-bond acceptors (Lipinski definition) is 6. The van der Waals surface area contributed by atoms with Crippen molar-refractivity contribution >= 4 is 29.2 Å². The Balaban J connectivity index is 1.20. The second kappa shape index (κ2) is 9.74. The van der Waals surface area contributed by atoms with E-state index in [9.17, 15) is 19.2 Å². The highest BCUT2D eigenvalue weighted by atomic mass is 16.5. The molecule has 1 saturated heterocycles. The Labute approximate surface area is 186 Å². The van der Waals surface area contributed by atoms with E-state index in [-0.39, 0.29) is 43.0 Å². The van der Waals surface area contributed by atoms with E-state index >= 15 is 0 Å². The first kappa shape index (κ1) is 21.7. The maximum Gasteiger partial charge on any atom is 0.261 e. The maximum absolute atomic E-state index is 12.4. The van der Waals surface area contributed by atoms with Crippen LogP contribution in [0.25, 0.3) is 0 Å². The lowest BCUT2D eigenvalue weighted by molar-refractivity contribution is -0.121. The molecule has 32 heavy (non-hydrogen) atoms. The van der Waals surface area contributed by atoms with E-state index in [0.717, 1.165) is 18.8 Å². The predicted octanol–water partition coefficient (Wildman–Crippen LogP) is 1.90. The van der Waals surface area contributed by atoms with Gasteiger partial charge in [0.25, 0.3) is 11.8 Å². The lowest BCUT2D eigenvalue weighted by atomic mass is 10.1. The number of carbonyl (C=O) groups excluding carboxylic acids is 4. The lowest BCUT2D eigenvalue weighted by Crippen LogP contribution is -2.36. The van der Waals surface area contributed by atoms with Crippen molar-refractivity contribution in [2.75, 3.05) is 44.3 Å². The van der Waals surface area contributed by atoms with E-state index < -0.39 is 0 Å². The third kappa shape index (κ3) is 4.70. The van der Waals surface area contributed by atoms with Gasteiger partial charge in [0.05, 0.1) is 30.9 Å². The molecule has 0 aromatic heterocycles. The third-order valence-corrected chi connectivity index (χ3v) is 5.68. The van der Waals surface area contributed by atoms with Gasteiger partial charge in [-0.15, -0.1) is 0 Å². The zero-order valence-corrected chi connectivity index (χ0v) is 17.7. The monoisotopic (exact) mass is 435 g/mol. The molecule has 2 aromatic carbocycles. The standard InChI is InChI=1S/C24H25N3O5/c28-21(17-7-9-18(10-8-17)26-12-14-32-15-13-26)16-25-22(29)6-3-11-27-23(30)19-4-1-2-5-20(19)24(27)31/h1-2,4-5,7-10H,3,6,11-16H2,(H,25,29). The number of anilines is 1. The molecule has 2 heterocycles. The molecule has 2 aromatic rings. The summed E-state index contributed by atoms with van der Waals surface area (Å²) in [6, 6.07) is 14.0. The van der Waals surface area contributed by atoms with Crippen molar-refractivity contribution in [2.24, 2.45) is 0 Å². The molecular formula is C24H25N3O5. The summed E-state index contributed by atoms with van der Waals surface area (Å²) in [5.74, 6) is -1.13. The van der Waals surface area contributed by atoms with Crippen LogP contribution >= 0.6 is 0 Å². The highest BCUT2D eigenvalue weighted by Gasteiger charge is 2.34. The number of carbonyl (C=O) groups is 4. The molecule has 8 heteroatoms. The van der Waals surface area contributed by atoms with Gasteiger partial charge in [-0.1, -0.05) is 12.1 Å². The molecular weight excluding hydrogens is 410 g/mol. The van der Waals surface area contributed by atoms with Crippen LogP contribution < -0.4 is 10.2 Å². The number of nitrogens with one attached hydrogen (secondary N) is 1. The minimum Gasteiger partial charge on any atom is -0.378 e. The highest BCUT2D eigenvalue weighted by Crippen LogP contribution is 2.22. The zero-order chi connectivity index (χ0) is 22.5. The molecule has 0 radical (unpaired) electrons. The summed E-state index contributed by atoms with van der Waals surface area (Å²) in [5, 5.41) is 2.62. The van der Waals surface area contributed by atoms with E-state index in [4.69, 9.17) is 4.74 Å². The molecule has 1 N–H and O–H groups in total. The van der Waals surface area contributed by atoms with Crippen LogP contribution in [0.3, 0.4) is 0 Å². The van der Waals surface area contributed by atoms with Crippen LogP contribution in [0, 0.1) is 0 Å². The maximum atomic E-state index is 12.4. The fraction of sp³-hybridized carbons (Fsp3) is 0.333. The van der Waals surface area contributed by atoms with Crippen LogP contribution in [-0.2, 0) is 9.53 Å². The van der Waals surface area contributed by atoms with Crippen molar-refractivity contribution in [3.8, 4) is 0 Å². The molecule has 2 aliphatic heterocycles. The molecule has 8 nitrogen and oxygen atoms in total. The molecule has 0 aliphatic carbocycles. The van der Waals surface area contributed by atoms with Crippen molar-refractivity contribution in [3.05, 3.63) is 65.2 Å². The van der Waals surface area contributed by atoms with E-state index in [1.54, 1.807) is 36.4 Å². The van der Waals surface area contributed by atoms with Crippen molar-refractivity contribution in [1.29, 1.82) is 0 Å². The van der Waals surface area contributed by atoms with Gasteiger partial charge >= 0.3 is 0 Å². The number of nitrogens with zero attached hydrogens (tertiary/aromatic N) is 2. The van der Waals surface area contributed by atoms with Crippen LogP contribution in [0.4, 0.5) is 5.69 Å². The number of rotatable bonds is 8. The lowest BCUT2D eigenvalue weighted by Gasteiger charge is -2.28. The van der Waals surface area contributed by atoms with E-state index in [1.807, 2.05) is 12.1 Å². The van der Waals surface area contributed by atoms with Crippen molar-refractivity contribution in [1.82, 2.24) is 10.2 Å². The highest BCUT2D eigenvalue weighted by molar-refractivity contribution is 6.21. The van der Waals surface area contributed by atoms with E-state index in [1.165, 1.54) is 4.90 Å². The number of morpholine rings is 1. The van der Waals surface area contributed by atoms with Gasteiger partial charge in [0.1, 0.15) is 0 Å². The minimum absolute atomic E-state index is 0.0945. The number of amides is 3. The number of ketones is 1. The molecule has 2 aliphatic rings. The van der Waals surface area contributed by atoms with Gasteiger partial charge in [0.15, 0.2) is 5.78 Å². The first-order chi connectivity index (χ1) is 15.5. The number of fused-ring (bicyclic) bond motifs is 1. The predicted molar refractivity (Wildman–Crippen MR) is 118 cm³/mol. The summed E-state index contributed by atoms with van der Waals surface area (Å²) < 4.78 is 5.35. The Hall–Kier alpha value is -3.52. The van der Waals surface area contributed by atoms with E-state index in [2.05, 4.69) is 10.2 Å². The molecule has 0 saturated carbocycles. The van der Waals surface area contributed by atoms with Crippen LogP contribution in [0.2, 0.25) is 0 Å². The Kier molecular flexibility index (Phi) is 6.61. The third-order valence-electron chi connectivity index (χ3n) is 5.68. The van der Waals surface area contributed by atoms with Crippen LogP contribution in [-0.4, -0.2) is 67.8 Å². The SMILES string of the molecule is O=C(CCCN1C(=O)c2ccccc2C1=O)NCC(=O)c1ccc(N2CCOCC2)cc1. The van der Waals surface area contributed by atoms with Gasteiger partial charge in [0, 0.05) is 37.3 Å². The normalized spacial score (nSPS) is 15.6. The Morgan fingerprint density at radius 3 is 2.16 bits per heavy atom. The Bertz CT molecular complexity index is 993. The molecule has 1 fully saturated rings. The molecule has 3 amide bonds. The Morgan fingerprint density at radius 1 is 0.906 bits per heavy atom. The first-order valence-electron chi connectivity index (χ1n) is 10.7. The van der Waals surface area contributed by atoms with Crippen molar-refractivity contribution < 1.29 is 23.9 Å². The number of Topliss-reactive ketones (excluding diaryl/α,β-unsaturated/α-hetero) is 1. The van der Waals surface area contributed by atoms with Crippen LogP contribution in [0.5, 0.6) is 0 Å². The molecule has 166 valence electrons. The minimum atomic E-state index is -0.332. The number of ether oxygens (including phenoxy) is 1. The van der Waals surface area contributed by atoms with Crippen LogP contribution in [0.15, 0.2) is 48.5 Å². The summed E-state index contributed by atoms with van der Waals surface area (Å²) in [7, 11) is 0. The van der Waals surface area contributed by atoms with Gasteiger partial charge in [0.2, 0.25) is 5.91 Å². The smallest absolute Gasteiger partial charge is 0.261 e. The fourth-order valence-electron chi connectivity index (χ4n) is 3.89. The second-order valence-electron chi connectivity index (χ2n) is 7.76. The van der Waals surface area contributed by atoms with Crippen molar-refractivity contribution in [3.63, 3.8) is 0 Å². The molecule has 0 spiro atoms. The summed E-state index contributed by atoms with van der Waals surface area (Å²) in [5.41, 5.74) is 2.37. The Morgan fingerprint density at radius 2 is 1.53 bits per heavy atom. The van der Waals surface area contributed by atoms with Gasteiger partial charge in [-0.05, 0) is 42.8 Å². The van der Waals surface area contributed by atoms with Crippen molar-refractivity contribution in [2.45, 2.75) is 12.8 Å². The van der Waals surface area contributed by atoms with E-state index in [0.29, 0.717) is 36.3 Å². The zero-order valence-electron chi connectivity index (χ0n) is 17.7. The van der Waals surface area contributed by atoms with Gasteiger partial charge < -0.3 is 15.0 Å². The number of hydrogen-bond donors (Lipinski definition) is 1. The average Bonchev–Trinajstić information content (AvgIpc) is 3.08. The summed E-state index contributed by atoms with van der Waals surface area (Å²) in [4.78, 5) is 52.5. The fourth-order valence-corrected chi connectivity index (χ4v) is 3.89. The average molecular weight is 435 g/mol. The van der Waals surface area contributed by atoms with Gasteiger partial charge in [-0.3, -0.25) is 24.1 Å². The summed E-state index contributed by atoms with van der Waals surface area (Å²) in [6.45, 7) is 3.10. The molecule has 0 bridgehead atoms. The topological polar surface area (TPSA) is 96.0 Å². The first-order valence-corrected chi connectivity index (χ1v) is 10.7. The quantitative estimate of drug-likeness (QED) is 0.503. The summed E-state index contributed by atoms with van der Waals surface area (Å²) in [6.07, 6.45) is 0.455. The largest absolute Gasteiger partial charge is 0.378 e. The molecule has 0 unspecified atom stereocenters. The number of benzene rings is 2. The van der Waals surface area contributed by atoms with Gasteiger partial charge in [-0.25, -0.2) is 0 Å². The molecule has 4 rings (SSSR count).